The Labute approximate surface area is 102 Å². The standard InChI is InChI=1S/C13H11BrS/c1-2-10-3-5-11(6-4-10)9-12-7-8-13(14)15-12/h2-8H,1,9H2. The Bertz CT molecular complexity index is 454. The summed E-state index contributed by atoms with van der Waals surface area (Å²) < 4.78 is 1.19. The summed E-state index contributed by atoms with van der Waals surface area (Å²) >= 11 is 5.26. The van der Waals surface area contributed by atoms with Crippen LogP contribution in [0, 0.1) is 0 Å². The third-order valence-electron chi connectivity index (χ3n) is 2.22. The van der Waals surface area contributed by atoms with Crippen molar-refractivity contribution in [2.45, 2.75) is 6.42 Å². The smallest absolute Gasteiger partial charge is 0.0701 e. The molecule has 0 aliphatic rings. The lowest BCUT2D eigenvalue weighted by molar-refractivity contribution is 1.24. The van der Waals surface area contributed by atoms with Crippen LogP contribution >= 0.6 is 27.3 Å². The first kappa shape index (κ1) is 10.7. The second kappa shape index (κ2) is 4.77. The van der Waals surface area contributed by atoms with Crippen molar-refractivity contribution in [1.82, 2.24) is 0 Å². The number of hydrogen-bond donors (Lipinski definition) is 0. The average Bonchev–Trinajstić information content (AvgIpc) is 2.65. The minimum Gasteiger partial charge on any atom is -0.133 e. The first-order valence-corrected chi connectivity index (χ1v) is 6.34. The monoisotopic (exact) mass is 278 g/mol. The molecule has 0 amide bonds. The van der Waals surface area contributed by atoms with E-state index >= 15 is 0 Å². The Morgan fingerprint density at radius 2 is 1.87 bits per heavy atom. The Morgan fingerprint density at radius 1 is 1.13 bits per heavy atom. The van der Waals surface area contributed by atoms with Crippen molar-refractivity contribution in [3.05, 3.63) is 62.8 Å². The zero-order valence-corrected chi connectivity index (χ0v) is 10.6. The minimum atomic E-state index is 1.01. The molecule has 0 saturated heterocycles. The second-order valence-electron chi connectivity index (χ2n) is 3.33. The molecule has 0 N–H and O–H groups in total. The van der Waals surface area contributed by atoms with E-state index in [1.54, 1.807) is 11.3 Å². The molecule has 2 rings (SSSR count). The molecule has 2 heteroatoms. The maximum absolute atomic E-state index is 3.74. The Balaban J connectivity index is 2.14. The fraction of sp³-hybridized carbons (Fsp3) is 0.0769. The fourth-order valence-corrected chi connectivity index (χ4v) is 2.94. The zero-order valence-electron chi connectivity index (χ0n) is 8.24. The Morgan fingerprint density at radius 3 is 2.40 bits per heavy atom. The maximum atomic E-state index is 3.74. The predicted molar refractivity (Wildman–Crippen MR) is 71.4 cm³/mol. The lowest BCUT2D eigenvalue weighted by Crippen LogP contribution is -1.83. The van der Waals surface area contributed by atoms with Gasteiger partial charge in [-0.25, -0.2) is 0 Å². The average molecular weight is 279 g/mol. The summed E-state index contributed by atoms with van der Waals surface area (Å²) in [6, 6.07) is 12.8. The molecule has 0 aliphatic heterocycles. The molecule has 0 bridgehead atoms. The molecule has 0 unspecified atom stereocenters. The topological polar surface area (TPSA) is 0 Å². The number of halogens is 1. The van der Waals surface area contributed by atoms with Gasteiger partial charge in [-0.1, -0.05) is 36.9 Å². The van der Waals surface area contributed by atoms with Gasteiger partial charge >= 0.3 is 0 Å². The SMILES string of the molecule is C=Cc1ccc(Cc2ccc(Br)s2)cc1. The van der Waals surface area contributed by atoms with Gasteiger partial charge in [-0.3, -0.25) is 0 Å². The highest BCUT2D eigenvalue weighted by Crippen LogP contribution is 2.24. The molecular formula is C13H11BrS. The normalized spacial score (nSPS) is 10.2. The molecule has 0 radical (unpaired) electrons. The third kappa shape index (κ3) is 2.80. The van der Waals surface area contributed by atoms with Gasteiger partial charge in [0.05, 0.1) is 3.79 Å². The van der Waals surface area contributed by atoms with Crippen molar-refractivity contribution in [2.75, 3.05) is 0 Å². The number of rotatable bonds is 3. The molecule has 15 heavy (non-hydrogen) atoms. The van der Waals surface area contributed by atoms with Gasteiger partial charge in [0.25, 0.3) is 0 Å². The first-order valence-electron chi connectivity index (χ1n) is 4.73. The van der Waals surface area contributed by atoms with E-state index in [0.29, 0.717) is 0 Å². The van der Waals surface area contributed by atoms with Crippen LogP contribution < -0.4 is 0 Å². The lowest BCUT2D eigenvalue weighted by atomic mass is 10.1. The molecular weight excluding hydrogens is 268 g/mol. The highest BCUT2D eigenvalue weighted by atomic mass is 79.9. The van der Waals surface area contributed by atoms with Crippen LogP contribution in [0.2, 0.25) is 0 Å². The van der Waals surface area contributed by atoms with Gasteiger partial charge in [-0.05, 0) is 39.2 Å². The van der Waals surface area contributed by atoms with Crippen LogP contribution in [0.1, 0.15) is 16.0 Å². The molecule has 1 aromatic carbocycles. The molecule has 1 heterocycles. The van der Waals surface area contributed by atoms with E-state index in [9.17, 15) is 0 Å². The fourth-order valence-electron chi connectivity index (χ4n) is 1.42. The summed E-state index contributed by atoms with van der Waals surface area (Å²) in [6.45, 7) is 3.74. The number of thiophene rings is 1. The van der Waals surface area contributed by atoms with E-state index in [4.69, 9.17) is 0 Å². The molecule has 0 nitrogen and oxygen atoms in total. The molecule has 1 aromatic heterocycles. The number of hydrogen-bond acceptors (Lipinski definition) is 1. The van der Waals surface area contributed by atoms with E-state index < -0.39 is 0 Å². The first-order chi connectivity index (χ1) is 7.28. The van der Waals surface area contributed by atoms with Crippen molar-refractivity contribution in [3.63, 3.8) is 0 Å². The van der Waals surface area contributed by atoms with Gasteiger partial charge in [0.15, 0.2) is 0 Å². The van der Waals surface area contributed by atoms with Crippen LogP contribution in [0.4, 0.5) is 0 Å². The van der Waals surface area contributed by atoms with Gasteiger partial charge in [0.1, 0.15) is 0 Å². The van der Waals surface area contributed by atoms with Gasteiger partial charge in [-0.2, -0.15) is 0 Å². The summed E-state index contributed by atoms with van der Waals surface area (Å²) in [5.74, 6) is 0. The van der Waals surface area contributed by atoms with Gasteiger partial charge in [0, 0.05) is 11.3 Å². The summed E-state index contributed by atoms with van der Waals surface area (Å²) in [6.07, 6.45) is 2.87. The molecule has 0 spiro atoms. The molecule has 0 fully saturated rings. The van der Waals surface area contributed by atoms with Crippen molar-refractivity contribution in [2.24, 2.45) is 0 Å². The summed E-state index contributed by atoms with van der Waals surface area (Å²) in [5, 5.41) is 0. The second-order valence-corrected chi connectivity index (χ2v) is 5.88. The van der Waals surface area contributed by atoms with E-state index in [0.717, 1.165) is 6.42 Å². The summed E-state index contributed by atoms with van der Waals surface area (Å²) in [4.78, 5) is 1.38. The highest BCUT2D eigenvalue weighted by Gasteiger charge is 1.99. The van der Waals surface area contributed by atoms with Crippen LogP contribution in [0.5, 0.6) is 0 Å². The zero-order chi connectivity index (χ0) is 10.7. The Hall–Kier alpha value is -0.860. The molecule has 2 aromatic rings. The Kier molecular flexibility index (Phi) is 3.39. The van der Waals surface area contributed by atoms with Gasteiger partial charge < -0.3 is 0 Å². The van der Waals surface area contributed by atoms with Crippen molar-refractivity contribution >= 4 is 33.3 Å². The van der Waals surface area contributed by atoms with Crippen LogP contribution in [-0.4, -0.2) is 0 Å². The van der Waals surface area contributed by atoms with Crippen molar-refractivity contribution in [3.8, 4) is 0 Å². The molecule has 76 valence electrons. The maximum Gasteiger partial charge on any atom is 0.0701 e. The largest absolute Gasteiger partial charge is 0.133 e. The highest BCUT2D eigenvalue weighted by molar-refractivity contribution is 9.11. The van der Waals surface area contributed by atoms with Crippen LogP contribution in [0.15, 0.2) is 46.8 Å². The van der Waals surface area contributed by atoms with E-state index in [2.05, 4.69) is 58.9 Å². The van der Waals surface area contributed by atoms with Crippen molar-refractivity contribution in [1.29, 1.82) is 0 Å². The predicted octanol–water partition coefficient (Wildman–Crippen LogP) is 4.74. The van der Waals surface area contributed by atoms with E-state index in [1.165, 1.54) is 19.8 Å². The molecule has 0 atom stereocenters. The quantitative estimate of drug-likeness (QED) is 0.761. The van der Waals surface area contributed by atoms with Crippen LogP contribution in [-0.2, 0) is 6.42 Å². The number of benzene rings is 1. The van der Waals surface area contributed by atoms with Gasteiger partial charge in [0.2, 0.25) is 0 Å². The van der Waals surface area contributed by atoms with Crippen molar-refractivity contribution < 1.29 is 0 Å². The molecule has 0 saturated carbocycles. The van der Waals surface area contributed by atoms with Crippen LogP contribution in [0.3, 0.4) is 0 Å². The lowest BCUT2D eigenvalue weighted by Gasteiger charge is -1.99. The molecule has 0 aliphatic carbocycles. The van der Waals surface area contributed by atoms with Crippen LogP contribution in [0.25, 0.3) is 6.08 Å². The third-order valence-corrected chi connectivity index (χ3v) is 3.85. The summed E-state index contributed by atoms with van der Waals surface area (Å²) in [7, 11) is 0. The van der Waals surface area contributed by atoms with Gasteiger partial charge in [-0.15, -0.1) is 11.3 Å². The minimum absolute atomic E-state index is 1.01. The van der Waals surface area contributed by atoms with E-state index in [1.807, 2.05) is 6.08 Å². The van der Waals surface area contributed by atoms with E-state index in [-0.39, 0.29) is 0 Å². The summed E-state index contributed by atoms with van der Waals surface area (Å²) in [5.41, 5.74) is 2.51.